The van der Waals surface area contributed by atoms with Crippen molar-refractivity contribution >= 4 is 17.2 Å². The fourth-order valence-electron chi connectivity index (χ4n) is 2.66. The molecule has 0 aliphatic carbocycles. The highest BCUT2D eigenvalue weighted by molar-refractivity contribution is 6.32. The lowest BCUT2D eigenvalue weighted by Crippen LogP contribution is -2.22. The second kappa shape index (κ2) is 6.02. The maximum atomic E-state index is 12.8. The molecule has 1 N–H and O–H groups in total. The Bertz CT molecular complexity index is 1030. The molecule has 3 aromatic rings. The lowest BCUT2D eigenvalue weighted by molar-refractivity contribution is 0.415. The third-order valence-corrected chi connectivity index (χ3v) is 4.12. The van der Waals surface area contributed by atoms with Crippen molar-refractivity contribution < 1.29 is 4.74 Å². The molecular weight excluding hydrogens is 328 g/mol. The molecule has 0 saturated carbocycles. The standard InChI is InChI=1S/C17H15ClN4O2/c1-9(2)14-15(10-4-5-13(24-3)12(18)6-10)21-16-11(7-19)8-20-22(16)17(14)23/h4-6,8-9,20H,1-3H3. The van der Waals surface area contributed by atoms with E-state index in [1.165, 1.54) is 17.8 Å². The Morgan fingerprint density at radius 2 is 2.17 bits per heavy atom. The van der Waals surface area contributed by atoms with Crippen molar-refractivity contribution in [2.75, 3.05) is 7.11 Å². The summed E-state index contributed by atoms with van der Waals surface area (Å²) in [6.07, 6.45) is 1.47. The van der Waals surface area contributed by atoms with Gasteiger partial charge >= 0.3 is 0 Å². The first-order valence-electron chi connectivity index (χ1n) is 7.36. The first-order chi connectivity index (χ1) is 11.5. The number of nitrogens with one attached hydrogen (secondary N) is 1. The first-order valence-corrected chi connectivity index (χ1v) is 7.73. The van der Waals surface area contributed by atoms with E-state index in [0.29, 0.717) is 38.8 Å². The summed E-state index contributed by atoms with van der Waals surface area (Å²) in [5.74, 6) is 0.496. The van der Waals surface area contributed by atoms with E-state index in [-0.39, 0.29) is 11.5 Å². The Hall–Kier alpha value is -2.78. The maximum absolute atomic E-state index is 12.8. The van der Waals surface area contributed by atoms with Crippen LogP contribution in [-0.4, -0.2) is 21.7 Å². The Kier molecular flexibility index (Phi) is 4.04. The van der Waals surface area contributed by atoms with Crippen LogP contribution in [-0.2, 0) is 0 Å². The molecule has 0 spiro atoms. The highest BCUT2D eigenvalue weighted by atomic mass is 35.5. The largest absolute Gasteiger partial charge is 0.495 e. The van der Waals surface area contributed by atoms with E-state index in [1.54, 1.807) is 18.2 Å². The maximum Gasteiger partial charge on any atom is 0.276 e. The summed E-state index contributed by atoms with van der Waals surface area (Å²) in [4.78, 5) is 17.4. The quantitative estimate of drug-likeness (QED) is 0.791. The van der Waals surface area contributed by atoms with Crippen molar-refractivity contribution in [3.05, 3.63) is 50.9 Å². The molecule has 0 unspecified atom stereocenters. The average Bonchev–Trinajstić information content (AvgIpc) is 2.97. The predicted molar refractivity (Wildman–Crippen MR) is 91.6 cm³/mol. The summed E-state index contributed by atoms with van der Waals surface area (Å²) in [5, 5.41) is 12.4. The van der Waals surface area contributed by atoms with Gasteiger partial charge in [0.2, 0.25) is 0 Å². The summed E-state index contributed by atoms with van der Waals surface area (Å²) in [6.45, 7) is 3.85. The predicted octanol–water partition coefficient (Wildman–Crippen LogP) is 3.35. The van der Waals surface area contributed by atoms with Gasteiger partial charge in [0.05, 0.1) is 17.8 Å². The monoisotopic (exact) mass is 342 g/mol. The Morgan fingerprint density at radius 1 is 1.42 bits per heavy atom. The highest BCUT2D eigenvalue weighted by Gasteiger charge is 2.20. The number of nitriles is 1. The van der Waals surface area contributed by atoms with Crippen LogP contribution >= 0.6 is 11.6 Å². The number of H-pyrrole nitrogens is 1. The third-order valence-electron chi connectivity index (χ3n) is 3.82. The number of ether oxygens (including phenoxy) is 1. The normalized spacial score (nSPS) is 11.0. The van der Waals surface area contributed by atoms with Crippen molar-refractivity contribution in [1.29, 1.82) is 5.26 Å². The smallest absolute Gasteiger partial charge is 0.276 e. The van der Waals surface area contributed by atoms with E-state index in [0.717, 1.165) is 0 Å². The number of halogens is 1. The molecular formula is C17H15ClN4O2. The lowest BCUT2D eigenvalue weighted by atomic mass is 9.98. The zero-order chi connectivity index (χ0) is 17.4. The summed E-state index contributed by atoms with van der Waals surface area (Å²) >= 11 is 6.21. The molecule has 0 aliphatic heterocycles. The van der Waals surface area contributed by atoms with Gasteiger partial charge in [0.15, 0.2) is 5.65 Å². The Balaban J connectivity index is 2.37. The fourth-order valence-corrected chi connectivity index (χ4v) is 2.92. The zero-order valence-electron chi connectivity index (χ0n) is 13.4. The summed E-state index contributed by atoms with van der Waals surface area (Å²) < 4.78 is 6.46. The average molecular weight is 343 g/mol. The molecule has 0 amide bonds. The van der Waals surface area contributed by atoms with Crippen molar-refractivity contribution in [2.45, 2.75) is 19.8 Å². The number of nitrogens with zero attached hydrogens (tertiary/aromatic N) is 3. The molecule has 122 valence electrons. The molecule has 0 radical (unpaired) electrons. The summed E-state index contributed by atoms with van der Waals surface area (Å²) in [5.41, 5.74) is 2.17. The number of methoxy groups -OCH3 is 1. The van der Waals surface area contributed by atoms with Gasteiger partial charge < -0.3 is 4.74 Å². The van der Waals surface area contributed by atoms with Crippen molar-refractivity contribution in [2.24, 2.45) is 0 Å². The molecule has 3 rings (SSSR count). The molecule has 0 bridgehead atoms. The SMILES string of the molecule is COc1ccc(-c2nc3c(C#N)c[nH]n3c(=O)c2C(C)C)cc1Cl. The van der Waals surface area contributed by atoms with E-state index >= 15 is 0 Å². The van der Waals surface area contributed by atoms with Crippen molar-refractivity contribution in [1.82, 2.24) is 14.6 Å². The molecule has 6 nitrogen and oxygen atoms in total. The van der Waals surface area contributed by atoms with Gasteiger partial charge in [-0.2, -0.15) is 5.26 Å². The van der Waals surface area contributed by atoms with Crippen LogP contribution < -0.4 is 10.3 Å². The number of hydrogen-bond donors (Lipinski definition) is 1. The molecule has 2 heterocycles. The minimum atomic E-state index is -0.224. The second-order valence-corrected chi connectivity index (χ2v) is 6.05. The van der Waals surface area contributed by atoms with E-state index in [4.69, 9.17) is 16.3 Å². The van der Waals surface area contributed by atoms with Crippen molar-refractivity contribution in [3.63, 3.8) is 0 Å². The molecule has 0 fully saturated rings. The number of hydrogen-bond acceptors (Lipinski definition) is 4. The molecule has 0 aliphatic rings. The van der Waals surface area contributed by atoms with Crippen LogP contribution in [0.2, 0.25) is 5.02 Å². The van der Waals surface area contributed by atoms with Crippen LogP contribution in [0.3, 0.4) is 0 Å². The summed E-state index contributed by atoms with van der Waals surface area (Å²) in [7, 11) is 1.54. The van der Waals surface area contributed by atoms with Crippen LogP contribution in [0.5, 0.6) is 5.75 Å². The molecule has 24 heavy (non-hydrogen) atoms. The summed E-state index contributed by atoms with van der Waals surface area (Å²) in [6, 6.07) is 7.28. The van der Waals surface area contributed by atoms with E-state index in [2.05, 4.69) is 10.1 Å². The Morgan fingerprint density at radius 3 is 2.75 bits per heavy atom. The third kappa shape index (κ3) is 2.43. The van der Waals surface area contributed by atoms with Gasteiger partial charge in [0.25, 0.3) is 5.56 Å². The second-order valence-electron chi connectivity index (χ2n) is 5.64. The molecule has 0 atom stereocenters. The Labute approximate surface area is 143 Å². The minimum Gasteiger partial charge on any atom is -0.495 e. The van der Waals surface area contributed by atoms with Gasteiger partial charge in [0, 0.05) is 17.3 Å². The highest BCUT2D eigenvalue weighted by Crippen LogP contribution is 2.32. The van der Waals surface area contributed by atoms with E-state index < -0.39 is 0 Å². The number of aromatic amines is 1. The van der Waals surface area contributed by atoms with E-state index in [1.807, 2.05) is 19.9 Å². The van der Waals surface area contributed by atoms with Crippen LogP contribution in [0.25, 0.3) is 16.9 Å². The van der Waals surface area contributed by atoms with E-state index in [9.17, 15) is 10.1 Å². The number of rotatable bonds is 3. The van der Waals surface area contributed by atoms with Crippen LogP contribution in [0.15, 0.2) is 29.2 Å². The lowest BCUT2D eigenvalue weighted by Gasteiger charge is -2.13. The molecule has 7 heteroatoms. The van der Waals surface area contributed by atoms with Gasteiger partial charge in [-0.3, -0.25) is 9.89 Å². The number of fused-ring (bicyclic) bond motifs is 1. The first kappa shape index (κ1) is 16.1. The van der Waals surface area contributed by atoms with Gasteiger partial charge in [0.1, 0.15) is 17.4 Å². The zero-order valence-corrected chi connectivity index (χ0v) is 14.2. The molecule has 2 aromatic heterocycles. The topological polar surface area (TPSA) is 83.2 Å². The van der Waals surface area contributed by atoms with Crippen LogP contribution in [0, 0.1) is 11.3 Å². The van der Waals surface area contributed by atoms with Crippen LogP contribution in [0.4, 0.5) is 0 Å². The van der Waals surface area contributed by atoms with Crippen molar-refractivity contribution in [3.8, 4) is 23.1 Å². The number of aromatic nitrogens is 3. The van der Waals surface area contributed by atoms with Gasteiger partial charge in [-0.25, -0.2) is 9.50 Å². The molecule has 1 aromatic carbocycles. The number of benzene rings is 1. The molecule has 0 saturated heterocycles. The van der Waals surface area contributed by atoms with Gasteiger partial charge in [-0.05, 0) is 24.1 Å². The van der Waals surface area contributed by atoms with Crippen LogP contribution in [0.1, 0.15) is 30.9 Å². The van der Waals surface area contributed by atoms with Gasteiger partial charge in [-0.1, -0.05) is 25.4 Å². The van der Waals surface area contributed by atoms with Gasteiger partial charge in [-0.15, -0.1) is 0 Å². The minimum absolute atomic E-state index is 0.0494. The fraction of sp³-hybridized carbons (Fsp3) is 0.235.